The van der Waals surface area contributed by atoms with Crippen molar-refractivity contribution in [3.05, 3.63) is 0 Å². The number of ether oxygens (including phenoxy) is 5. The van der Waals surface area contributed by atoms with Gasteiger partial charge in [0.15, 0.2) is 18.2 Å². The minimum atomic E-state index is -1.99. The highest BCUT2D eigenvalue weighted by Gasteiger charge is 2.52. The van der Waals surface area contributed by atoms with E-state index in [4.69, 9.17) is 30.1 Å². The lowest BCUT2D eigenvalue weighted by Gasteiger charge is -2.47. The smallest absolute Gasteiger partial charge is 0.316 e. The van der Waals surface area contributed by atoms with Crippen molar-refractivity contribution in [3.63, 3.8) is 0 Å². The Labute approximate surface area is 273 Å². The average Bonchev–Trinajstić information content (AvgIpc) is 2.98. The van der Waals surface area contributed by atoms with Gasteiger partial charge in [-0.25, -0.2) is 0 Å². The van der Waals surface area contributed by atoms with Crippen molar-refractivity contribution in [1.82, 2.24) is 4.90 Å². The first kappa shape index (κ1) is 39.8. The van der Waals surface area contributed by atoms with Crippen LogP contribution in [0.4, 0.5) is 0 Å². The molecule has 262 valence electrons. The van der Waals surface area contributed by atoms with E-state index < -0.39 is 83.3 Å². The standard InChI is InChI=1S/C34H55NO11/c1-13-15-42-33(9)17-18(3)26(37)20(5)29(39)34(10,41)25(14-2)45-31(40)22(7)27(38)21(6)30(33)46-32-28(44-23(8)36)24(35(11)12)16-19(4)43-32/h1,18-22,24-25,28-30,32,39,41H,14-17H2,2-12H3/t18-,19-,20+,21+,22-,24?,25-,28?,29?,30?,32?,33+,34-/m1/s1. The highest BCUT2D eigenvalue weighted by atomic mass is 16.7. The third-order valence-corrected chi connectivity index (χ3v) is 9.60. The first-order chi connectivity index (χ1) is 21.2. The zero-order valence-electron chi connectivity index (χ0n) is 29.3. The molecule has 0 radical (unpaired) electrons. The Hall–Kier alpha value is -2.40. The Morgan fingerprint density at radius 2 is 1.70 bits per heavy atom. The molecule has 0 bridgehead atoms. The molecule has 12 heteroatoms. The van der Waals surface area contributed by atoms with E-state index in [9.17, 15) is 29.4 Å². The second-order valence-corrected chi connectivity index (χ2v) is 13.7. The zero-order valence-corrected chi connectivity index (χ0v) is 29.3. The number of terminal acetylenes is 1. The van der Waals surface area contributed by atoms with E-state index in [2.05, 4.69) is 5.92 Å². The van der Waals surface area contributed by atoms with Gasteiger partial charge in [-0.2, -0.15) is 0 Å². The maximum atomic E-state index is 14.1. The Morgan fingerprint density at radius 3 is 2.22 bits per heavy atom. The fraction of sp³-hybridized carbons (Fsp3) is 0.824. The fourth-order valence-corrected chi connectivity index (χ4v) is 6.88. The molecule has 0 aromatic rings. The molecule has 13 atom stereocenters. The van der Waals surface area contributed by atoms with E-state index in [1.54, 1.807) is 27.7 Å². The zero-order chi connectivity index (χ0) is 35.3. The van der Waals surface area contributed by atoms with Crippen molar-refractivity contribution in [2.75, 3.05) is 20.7 Å². The summed E-state index contributed by atoms with van der Waals surface area (Å²) in [5.74, 6) is -4.14. The van der Waals surface area contributed by atoms with Crippen molar-refractivity contribution in [2.45, 2.75) is 136 Å². The van der Waals surface area contributed by atoms with Gasteiger partial charge >= 0.3 is 11.9 Å². The summed E-state index contributed by atoms with van der Waals surface area (Å²) in [6.45, 7) is 13.7. The normalized spacial score (nSPS) is 41.8. The summed E-state index contributed by atoms with van der Waals surface area (Å²) in [4.78, 5) is 55.4. The van der Waals surface area contributed by atoms with Gasteiger partial charge in [-0.1, -0.05) is 33.6 Å². The van der Waals surface area contributed by atoms with Crippen LogP contribution in [0.25, 0.3) is 0 Å². The highest BCUT2D eigenvalue weighted by molar-refractivity contribution is 6.00. The molecule has 2 N–H and O–H groups in total. The molecule has 2 fully saturated rings. The van der Waals surface area contributed by atoms with Gasteiger partial charge in [-0.15, -0.1) is 6.42 Å². The maximum Gasteiger partial charge on any atom is 0.316 e. The minimum absolute atomic E-state index is 0.0113. The Bertz CT molecular complexity index is 1130. The quantitative estimate of drug-likeness (QED) is 0.235. The van der Waals surface area contributed by atoms with E-state index in [1.807, 2.05) is 25.9 Å². The SMILES string of the molecule is C#CCO[C@@]1(C)C[C@@H](C)C(=O)[C@H](C)C(O)[C@](C)(O)[C@@H](CC)OC(=O)[C@H](C)C(=O)[C@H](C)C1OC1O[C@H](C)CC(N(C)C)C1OC(C)=O. The number of rotatable bonds is 7. The first-order valence-electron chi connectivity index (χ1n) is 16.1. The van der Waals surface area contributed by atoms with Crippen LogP contribution in [0.15, 0.2) is 0 Å². The molecule has 12 nitrogen and oxygen atoms in total. The summed E-state index contributed by atoms with van der Waals surface area (Å²) in [5.41, 5.74) is -3.42. The lowest BCUT2D eigenvalue weighted by Crippen LogP contribution is -2.60. The number of nitrogens with zero attached hydrogens (tertiary/aromatic N) is 1. The molecule has 0 aromatic heterocycles. The Kier molecular flexibility index (Phi) is 14.0. The second-order valence-electron chi connectivity index (χ2n) is 13.7. The van der Waals surface area contributed by atoms with Gasteiger partial charge in [0, 0.05) is 24.7 Å². The Balaban J connectivity index is 2.75. The van der Waals surface area contributed by atoms with Gasteiger partial charge in [0.05, 0.1) is 30.0 Å². The third-order valence-electron chi connectivity index (χ3n) is 9.60. The molecule has 2 aliphatic heterocycles. The van der Waals surface area contributed by atoms with Gasteiger partial charge in [-0.3, -0.25) is 19.2 Å². The molecule has 0 spiro atoms. The van der Waals surface area contributed by atoms with E-state index >= 15 is 0 Å². The van der Waals surface area contributed by atoms with Crippen LogP contribution >= 0.6 is 0 Å². The fourth-order valence-electron chi connectivity index (χ4n) is 6.88. The van der Waals surface area contributed by atoms with E-state index in [1.165, 1.54) is 27.7 Å². The number of carbonyl (C=O) groups is 4. The van der Waals surface area contributed by atoms with E-state index in [0.717, 1.165) is 0 Å². The second kappa shape index (κ2) is 16.1. The predicted molar refractivity (Wildman–Crippen MR) is 168 cm³/mol. The maximum absolute atomic E-state index is 14.1. The van der Waals surface area contributed by atoms with Crippen molar-refractivity contribution < 1.29 is 53.1 Å². The van der Waals surface area contributed by atoms with E-state index in [-0.39, 0.29) is 37.4 Å². The lowest BCUT2D eigenvalue weighted by molar-refractivity contribution is -0.299. The van der Waals surface area contributed by atoms with Crippen molar-refractivity contribution >= 4 is 23.5 Å². The van der Waals surface area contributed by atoms with Crippen LogP contribution in [0.2, 0.25) is 0 Å². The number of cyclic esters (lactones) is 1. The number of aliphatic hydroxyl groups excluding tert-OH is 1. The van der Waals surface area contributed by atoms with Crippen molar-refractivity contribution in [2.24, 2.45) is 23.7 Å². The molecule has 0 amide bonds. The molecule has 5 unspecified atom stereocenters. The van der Waals surface area contributed by atoms with Crippen LogP contribution in [0.1, 0.15) is 81.6 Å². The number of ketones is 2. The molecule has 2 aliphatic rings. The summed E-state index contributed by atoms with van der Waals surface area (Å²) in [6.07, 6.45) is -0.0823. The molecule has 0 saturated carbocycles. The summed E-state index contributed by atoms with van der Waals surface area (Å²) < 4.78 is 30.4. The molecule has 0 aliphatic carbocycles. The van der Waals surface area contributed by atoms with Crippen LogP contribution in [-0.2, 0) is 42.9 Å². The molecular weight excluding hydrogens is 598 g/mol. The number of aliphatic hydroxyl groups is 2. The average molecular weight is 654 g/mol. The van der Waals surface area contributed by atoms with Gasteiger partial charge < -0.3 is 38.8 Å². The number of likely N-dealkylation sites (N-methyl/N-ethyl adjacent to an activating group) is 1. The molecular formula is C34H55NO11. The number of hydrogen-bond acceptors (Lipinski definition) is 12. The number of carbonyl (C=O) groups excluding carboxylic acids is 4. The van der Waals surface area contributed by atoms with Crippen LogP contribution in [-0.4, -0.2) is 113 Å². The van der Waals surface area contributed by atoms with Gasteiger partial charge in [0.1, 0.15) is 30.0 Å². The molecule has 2 heterocycles. The van der Waals surface area contributed by atoms with Crippen molar-refractivity contribution in [3.8, 4) is 12.3 Å². The number of esters is 2. The first-order valence-corrected chi connectivity index (χ1v) is 16.1. The third kappa shape index (κ3) is 8.94. The highest BCUT2D eigenvalue weighted by Crippen LogP contribution is 2.39. The number of hydrogen-bond donors (Lipinski definition) is 2. The van der Waals surface area contributed by atoms with Crippen LogP contribution in [0.5, 0.6) is 0 Å². The van der Waals surface area contributed by atoms with Gasteiger partial charge in [0.2, 0.25) is 0 Å². The molecule has 0 aromatic carbocycles. The van der Waals surface area contributed by atoms with Crippen molar-refractivity contribution in [1.29, 1.82) is 0 Å². The minimum Gasteiger partial charge on any atom is -0.459 e. The molecule has 46 heavy (non-hydrogen) atoms. The van der Waals surface area contributed by atoms with Crippen LogP contribution in [0.3, 0.4) is 0 Å². The summed E-state index contributed by atoms with van der Waals surface area (Å²) in [7, 11) is 3.70. The van der Waals surface area contributed by atoms with Gasteiger partial charge in [-0.05, 0) is 61.1 Å². The Morgan fingerprint density at radius 1 is 1.09 bits per heavy atom. The summed E-state index contributed by atoms with van der Waals surface area (Å²) in [6, 6.07) is -0.296. The predicted octanol–water partition coefficient (Wildman–Crippen LogP) is 2.30. The molecule has 2 saturated heterocycles. The monoisotopic (exact) mass is 653 g/mol. The van der Waals surface area contributed by atoms with Crippen LogP contribution < -0.4 is 0 Å². The summed E-state index contributed by atoms with van der Waals surface area (Å²) >= 11 is 0. The topological polar surface area (TPSA) is 158 Å². The lowest BCUT2D eigenvalue weighted by atomic mass is 9.74. The summed E-state index contributed by atoms with van der Waals surface area (Å²) in [5, 5.41) is 22.5. The number of Topliss-reactive ketones (excluding diaryl/α,β-unsaturated/α-hetero) is 2. The van der Waals surface area contributed by atoms with E-state index in [0.29, 0.717) is 6.42 Å². The molecule has 2 rings (SSSR count). The van der Waals surface area contributed by atoms with Gasteiger partial charge in [0.25, 0.3) is 0 Å². The largest absolute Gasteiger partial charge is 0.459 e. The van der Waals surface area contributed by atoms with Crippen LogP contribution in [0, 0.1) is 36.0 Å².